The lowest BCUT2D eigenvalue weighted by Crippen LogP contribution is -2.54. The quantitative estimate of drug-likeness (QED) is 0.348. The first-order chi connectivity index (χ1) is 18.1. The smallest absolute Gasteiger partial charge is 0.267 e. The predicted octanol–water partition coefficient (Wildman–Crippen LogP) is 0.380. The zero-order valence-corrected chi connectivity index (χ0v) is 21.3. The maximum atomic E-state index is 13.0. The molecule has 5 rings (SSSR count). The van der Waals surface area contributed by atoms with Crippen molar-refractivity contribution < 1.29 is 41.3 Å². The number of nitrogens with zero attached hydrogens (tertiary/aromatic N) is 4. The standard InChI is InChI=1S/C23H25N5O5.H2O4S/c1-30-18-11-14-15(12-19(18)31-2)25-23(26-21(14)24)28-9-7-27(8-10-28)22(29)20-13-32-16-5-3-4-6-17(16)33-20;1-5(2,3)4/h3-6,11-12,20H,7-10,13H2,1-2H3,(H2,24,25,26);(H2,1,2,3,4)/p-2. The van der Waals surface area contributed by atoms with E-state index in [1.165, 1.54) is 0 Å². The summed E-state index contributed by atoms with van der Waals surface area (Å²) in [5.74, 6) is 3.18. The number of piperazine rings is 1. The Morgan fingerprint density at radius 3 is 2.26 bits per heavy atom. The summed E-state index contributed by atoms with van der Waals surface area (Å²) < 4.78 is 56.4. The number of methoxy groups -OCH3 is 2. The van der Waals surface area contributed by atoms with E-state index in [0.29, 0.717) is 71.8 Å². The first kappa shape index (κ1) is 27.0. The van der Waals surface area contributed by atoms with Gasteiger partial charge in [-0.3, -0.25) is 13.2 Å². The van der Waals surface area contributed by atoms with E-state index in [1.54, 1.807) is 37.3 Å². The summed E-state index contributed by atoms with van der Waals surface area (Å²) in [6.45, 7) is 2.40. The Bertz CT molecular complexity index is 1420. The van der Waals surface area contributed by atoms with E-state index in [2.05, 4.69) is 9.97 Å². The van der Waals surface area contributed by atoms with Gasteiger partial charge in [0, 0.05) is 48.0 Å². The Labute approximate surface area is 218 Å². The third-order valence-corrected chi connectivity index (χ3v) is 5.88. The number of anilines is 2. The molecular weight excluding hydrogens is 522 g/mol. The summed E-state index contributed by atoms with van der Waals surface area (Å²) in [5.41, 5.74) is 6.89. The molecule has 2 aliphatic rings. The first-order valence-corrected chi connectivity index (χ1v) is 12.7. The summed E-state index contributed by atoms with van der Waals surface area (Å²) in [4.78, 5) is 26.0. The van der Waals surface area contributed by atoms with Crippen LogP contribution in [0.15, 0.2) is 36.4 Å². The van der Waals surface area contributed by atoms with Crippen molar-refractivity contribution in [3.63, 3.8) is 0 Å². The molecule has 204 valence electrons. The molecule has 1 fully saturated rings. The van der Waals surface area contributed by atoms with Crippen LogP contribution in [-0.2, 0) is 15.2 Å². The van der Waals surface area contributed by atoms with Gasteiger partial charge < -0.3 is 43.6 Å². The normalized spacial score (nSPS) is 16.9. The second kappa shape index (κ2) is 11.1. The molecule has 1 unspecified atom stereocenters. The Morgan fingerprint density at radius 1 is 1.03 bits per heavy atom. The Balaban J connectivity index is 0.000000617. The minimum absolute atomic E-state index is 0.0834. The highest BCUT2D eigenvalue weighted by atomic mass is 32.3. The van der Waals surface area contributed by atoms with Gasteiger partial charge in [0.1, 0.15) is 12.4 Å². The molecule has 0 saturated carbocycles. The van der Waals surface area contributed by atoms with Crippen LogP contribution in [0.3, 0.4) is 0 Å². The molecule has 0 bridgehead atoms. The number of nitrogens with two attached hydrogens (primary N) is 1. The average molecular weight is 548 g/mol. The van der Waals surface area contributed by atoms with Crippen LogP contribution in [0.5, 0.6) is 23.0 Å². The number of hydrogen-bond acceptors (Lipinski definition) is 13. The van der Waals surface area contributed by atoms with Gasteiger partial charge in [0.2, 0.25) is 12.1 Å². The van der Waals surface area contributed by atoms with Gasteiger partial charge in [0.15, 0.2) is 23.0 Å². The number of amides is 1. The molecule has 1 amide bonds. The van der Waals surface area contributed by atoms with E-state index in [4.69, 9.17) is 42.2 Å². The average Bonchev–Trinajstić information content (AvgIpc) is 2.90. The largest absolute Gasteiger partial charge is 0.759 e. The number of nitrogen functional groups attached to an aromatic ring is 1. The molecule has 2 N–H and O–H groups in total. The summed E-state index contributed by atoms with van der Waals surface area (Å²) in [7, 11) is -2.02. The Hall–Kier alpha value is -4.08. The van der Waals surface area contributed by atoms with Crippen molar-refractivity contribution in [1.82, 2.24) is 14.9 Å². The Kier molecular flexibility index (Phi) is 7.89. The fourth-order valence-corrected chi connectivity index (χ4v) is 4.08. The number of carbonyl (C=O) groups excluding carboxylic acids is 1. The second-order valence-corrected chi connectivity index (χ2v) is 9.03. The number of benzene rings is 2. The van der Waals surface area contributed by atoms with Gasteiger partial charge in [0.05, 0.1) is 19.7 Å². The van der Waals surface area contributed by atoms with E-state index in [9.17, 15) is 4.79 Å². The highest BCUT2D eigenvalue weighted by Crippen LogP contribution is 2.34. The van der Waals surface area contributed by atoms with Crippen LogP contribution in [0.2, 0.25) is 0 Å². The van der Waals surface area contributed by atoms with E-state index in [0.717, 1.165) is 0 Å². The van der Waals surface area contributed by atoms with Gasteiger partial charge in [-0.2, -0.15) is 4.98 Å². The lowest BCUT2D eigenvalue weighted by atomic mass is 10.2. The van der Waals surface area contributed by atoms with Crippen LogP contribution >= 0.6 is 0 Å². The fourth-order valence-electron chi connectivity index (χ4n) is 4.08. The van der Waals surface area contributed by atoms with Crippen LogP contribution in [0, 0.1) is 0 Å². The number of rotatable bonds is 4. The number of para-hydroxylation sites is 2. The van der Waals surface area contributed by atoms with E-state index in [-0.39, 0.29) is 12.5 Å². The van der Waals surface area contributed by atoms with E-state index < -0.39 is 16.5 Å². The molecular formula is C23H25N5O9S-2. The summed E-state index contributed by atoms with van der Waals surface area (Å²) >= 11 is 0. The highest BCUT2D eigenvalue weighted by Gasteiger charge is 2.33. The number of hydrogen-bond donors (Lipinski definition) is 1. The maximum Gasteiger partial charge on any atom is 0.267 e. The van der Waals surface area contributed by atoms with Gasteiger partial charge in [0.25, 0.3) is 5.91 Å². The van der Waals surface area contributed by atoms with Crippen LogP contribution in [0.4, 0.5) is 11.8 Å². The molecule has 0 spiro atoms. The minimum atomic E-state index is -5.17. The third kappa shape index (κ3) is 6.24. The third-order valence-electron chi connectivity index (χ3n) is 5.88. The SMILES string of the molecule is COc1cc2nc(N3CCN(C(=O)C4COc5ccccc5O4)CC3)nc(N)c2cc1OC.O=S(=O)([O-])[O-]. The molecule has 1 saturated heterocycles. The molecule has 3 heterocycles. The summed E-state index contributed by atoms with van der Waals surface area (Å²) in [5, 5.41) is 0.694. The van der Waals surface area contributed by atoms with Crippen molar-refractivity contribution in [3.8, 4) is 23.0 Å². The van der Waals surface area contributed by atoms with Crippen molar-refractivity contribution in [2.75, 3.05) is 57.6 Å². The minimum Gasteiger partial charge on any atom is -0.759 e. The molecule has 38 heavy (non-hydrogen) atoms. The van der Waals surface area contributed by atoms with E-state index in [1.807, 2.05) is 23.1 Å². The number of carbonyl (C=O) groups is 1. The molecule has 2 aromatic carbocycles. The van der Waals surface area contributed by atoms with Gasteiger partial charge in [-0.15, -0.1) is 0 Å². The zero-order valence-electron chi connectivity index (χ0n) is 20.5. The van der Waals surface area contributed by atoms with Gasteiger partial charge in [-0.05, 0) is 18.2 Å². The summed E-state index contributed by atoms with van der Waals surface area (Å²) in [6, 6.07) is 10.9. The second-order valence-electron chi connectivity index (χ2n) is 8.22. The zero-order chi connectivity index (χ0) is 27.4. The lowest BCUT2D eigenvalue weighted by Gasteiger charge is -2.37. The molecule has 14 nitrogen and oxygen atoms in total. The monoisotopic (exact) mass is 547 g/mol. The van der Waals surface area contributed by atoms with Crippen molar-refractivity contribution >= 4 is 39.0 Å². The van der Waals surface area contributed by atoms with Crippen molar-refractivity contribution in [2.24, 2.45) is 0 Å². The molecule has 1 aromatic heterocycles. The Morgan fingerprint density at radius 2 is 1.63 bits per heavy atom. The molecule has 0 aliphatic carbocycles. The van der Waals surface area contributed by atoms with Crippen LogP contribution in [0.25, 0.3) is 10.9 Å². The van der Waals surface area contributed by atoms with Gasteiger partial charge in [-0.1, -0.05) is 12.1 Å². The topological polar surface area (TPSA) is 193 Å². The summed E-state index contributed by atoms with van der Waals surface area (Å²) in [6.07, 6.45) is -0.651. The van der Waals surface area contributed by atoms with Crippen molar-refractivity contribution in [1.29, 1.82) is 0 Å². The molecule has 3 aromatic rings. The van der Waals surface area contributed by atoms with Crippen LogP contribution < -0.4 is 29.6 Å². The van der Waals surface area contributed by atoms with Crippen molar-refractivity contribution in [3.05, 3.63) is 36.4 Å². The van der Waals surface area contributed by atoms with Gasteiger partial charge in [-0.25, -0.2) is 4.98 Å². The number of fused-ring (bicyclic) bond motifs is 2. The number of ether oxygens (including phenoxy) is 4. The van der Waals surface area contributed by atoms with Crippen LogP contribution in [0.1, 0.15) is 0 Å². The van der Waals surface area contributed by atoms with Gasteiger partial charge >= 0.3 is 0 Å². The number of aromatic nitrogens is 2. The van der Waals surface area contributed by atoms with E-state index >= 15 is 0 Å². The fraction of sp³-hybridized carbons (Fsp3) is 0.348. The molecule has 0 radical (unpaired) electrons. The van der Waals surface area contributed by atoms with Crippen molar-refractivity contribution in [2.45, 2.75) is 6.10 Å². The predicted molar refractivity (Wildman–Crippen MR) is 133 cm³/mol. The van der Waals surface area contributed by atoms with Crippen LogP contribution in [-0.4, -0.2) is 91.4 Å². The lowest BCUT2D eigenvalue weighted by molar-refractivity contribution is -0.141. The highest BCUT2D eigenvalue weighted by molar-refractivity contribution is 7.79. The molecule has 1 atom stereocenters. The molecule has 2 aliphatic heterocycles. The first-order valence-electron chi connectivity index (χ1n) is 11.4. The molecule has 15 heteroatoms. The maximum absolute atomic E-state index is 13.0.